The van der Waals surface area contributed by atoms with E-state index in [4.69, 9.17) is 10.5 Å². The molecule has 0 bridgehead atoms. The monoisotopic (exact) mass is 459 g/mol. The quantitative estimate of drug-likeness (QED) is 0.472. The van der Waals surface area contributed by atoms with E-state index in [2.05, 4.69) is 20.3 Å². The highest BCUT2D eigenvalue weighted by Crippen LogP contribution is 2.26. The van der Waals surface area contributed by atoms with Crippen LogP contribution in [0.3, 0.4) is 0 Å². The molecule has 0 saturated carbocycles. The van der Waals surface area contributed by atoms with Crippen LogP contribution in [0.5, 0.6) is 0 Å². The topological polar surface area (TPSA) is 128 Å². The fourth-order valence-corrected chi connectivity index (χ4v) is 4.25. The molecule has 1 aromatic carbocycles. The number of aliphatic imine (C=N–C) groups is 1. The van der Waals surface area contributed by atoms with Gasteiger partial charge in [0.2, 0.25) is 0 Å². The van der Waals surface area contributed by atoms with Gasteiger partial charge in [-0.2, -0.15) is 0 Å². The van der Waals surface area contributed by atoms with Crippen molar-refractivity contribution in [3.63, 3.8) is 0 Å². The first-order valence-corrected chi connectivity index (χ1v) is 11.0. The molecule has 0 unspecified atom stereocenters. The second-order valence-electron chi connectivity index (χ2n) is 8.48. The fraction of sp³-hybridized carbons (Fsp3) is 0.292. The molecule has 0 atom stereocenters. The van der Waals surface area contributed by atoms with Crippen molar-refractivity contribution in [3.8, 4) is 0 Å². The van der Waals surface area contributed by atoms with Crippen LogP contribution < -0.4 is 11.1 Å². The fourth-order valence-electron chi connectivity index (χ4n) is 4.25. The van der Waals surface area contributed by atoms with Crippen molar-refractivity contribution < 1.29 is 14.3 Å². The first-order valence-electron chi connectivity index (χ1n) is 11.0. The van der Waals surface area contributed by atoms with E-state index in [0.29, 0.717) is 50.1 Å². The van der Waals surface area contributed by atoms with E-state index in [1.165, 1.54) is 0 Å². The zero-order chi connectivity index (χ0) is 23.8. The zero-order valence-electron chi connectivity index (χ0n) is 19.0. The number of hydrogen-bond donors (Lipinski definition) is 2. The number of nitrogen functional groups attached to an aromatic ring is 1. The smallest absolute Gasteiger partial charge is 0.410 e. The van der Waals surface area contributed by atoms with Crippen molar-refractivity contribution >= 4 is 29.7 Å². The molecule has 10 nitrogen and oxygen atoms in total. The molecule has 2 aromatic heterocycles. The molecule has 2 amide bonds. The normalized spacial score (nSPS) is 14.4. The van der Waals surface area contributed by atoms with Crippen LogP contribution in [0.1, 0.15) is 44.3 Å². The Morgan fingerprint density at radius 2 is 2.09 bits per heavy atom. The standard InChI is InChI=1S/C24H25N7O3/c1-14-7-21(25)28-15(2)18(14)9-27-23(32)20-13-31-12-17-4-3-16(11-30-5-6-34-24(30)33)8-19(17)26-10-22(31)29-20/h3-4,7-8,10,13H,5-6,9,11-12H2,1-2H3,(H2,25,28)(H,27,32). The molecule has 5 rings (SSSR count). The second-order valence-corrected chi connectivity index (χ2v) is 8.48. The van der Waals surface area contributed by atoms with Crippen molar-refractivity contribution in [2.45, 2.75) is 33.5 Å². The van der Waals surface area contributed by atoms with Gasteiger partial charge in [0.15, 0.2) is 5.82 Å². The Balaban J connectivity index is 1.29. The number of fused-ring (bicyclic) bond motifs is 2. The number of anilines is 1. The highest BCUT2D eigenvalue weighted by molar-refractivity contribution is 5.93. The van der Waals surface area contributed by atoms with Gasteiger partial charge < -0.3 is 25.3 Å². The number of ether oxygens (including phenoxy) is 1. The van der Waals surface area contributed by atoms with Crippen molar-refractivity contribution in [2.75, 3.05) is 18.9 Å². The SMILES string of the molecule is Cc1cc(N)nc(C)c1CNC(=O)c1cn2c(n1)C=Nc1cc(CN3CCOC3=O)ccc1C2. The number of hydrogen-bond acceptors (Lipinski definition) is 7. The van der Waals surface area contributed by atoms with Gasteiger partial charge in [-0.1, -0.05) is 12.1 Å². The molecule has 4 heterocycles. The van der Waals surface area contributed by atoms with Gasteiger partial charge in [0, 0.05) is 25.0 Å². The molecule has 3 aromatic rings. The van der Waals surface area contributed by atoms with Gasteiger partial charge in [0.05, 0.1) is 25.0 Å². The van der Waals surface area contributed by atoms with Crippen LogP contribution in [0.2, 0.25) is 0 Å². The number of rotatable bonds is 5. The summed E-state index contributed by atoms with van der Waals surface area (Å²) < 4.78 is 6.90. The average Bonchev–Trinajstić information content (AvgIpc) is 3.34. The van der Waals surface area contributed by atoms with Crippen molar-refractivity contribution in [3.05, 3.63) is 69.9 Å². The number of amides is 2. The number of nitrogens with two attached hydrogens (primary N) is 1. The molecule has 2 aliphatic heterocycles. The number of cyclic esters (lactones) is 1. The lowest BCUT2D eigenvalue weighted by Crippen LogP contribution is -2.24. The van der Waals surface area contributed by atoms with Crippen LogP contribution in [-0.2, 0) is 24.4 Å². The van der Waals surface area contributed by atoms with Crippen molar-refractivity contribution in [1.29, 1.82) is 0 Å². The first kappa shape index (κ1) is 21.6. The summed E-state index contributed by atoms with van der Waals surface area (Å²) in [5, 5.41) is 2.92. The second kappa shape index (κ2) is 8.62. The summed E-state index contributed by atoms with van der Waals surface area (Å²) in [4.78, 5) is 39.5. The average molecular weight is 460 g/mol. The summed E-state index contributed by atoms with van der Waals surface area (Å²) in [7, 11) is 0. The van der Waals surface area contributed by atoms with Crippen LogP contribution in [0.4, 0.5) is 16.3 Å². The number of imidazole rings is 1. The Hall–Kier alpha value is -4.21. The summed E-state index contributed by atoms with van der Waals surface area (Å²) in [5.41, 5.74) is 11.6. The Morgan fingerprint density at radius 1 is 1.24 bits per heavy atom. The molecule has 3 N–H and O–H groups in total. The Kier molecular flexibility index (Phi) is 5.48. The molecule has 2 aliphatic rings. The molecular weight excluding hydrogens is 434 g/mol. The van der Waals surface area contributed by atoms with E-state index in [1.54, 1.807) is 23.4 Å². The van der Waals surface area contributed by atoms with Crippen molar-refractivity contribution in [2.24, 2.45) is 4.99 Å². The lowest BCUT2D eigenvalue weighted by atomic mass is 10.1. The molecule has 10 heteroatoms. The van der Waals surface area contributed by atoms with E-state index in [9.17, 15) is 9.59 Å². The molecule has 1 fully saturated rings. The van der Waals surface area contributed by atoms with Gasteiger partial charge in [-0.05, 0) is 48.2 Å². The number of nitrogens with zero attached hydrogens (tertiary/aromatic N) is 5. The number of benzene rings is 1. The predicted octanol–water partition coefficient (Wildman–Crippen LogP) is 2.47. The first-order chi connectivity index (χ1) is 16.4. The van der Waals surface area contributed by atoms with E-state index < -0.39 is 0 Å². The number of aromatic nitrogens is 3. The number of aryl methyl sites for hydroxylation is 2. The van der Waals surface area contributed by atoms with Crippen LogP contribution in [0.25, 0.3) is 0 Å². The predicted molar refractivity (Wildman–Crippen MR) is 126 cm³/mol. The zero-order valence-corrected chi connectivity index (χ0v) is 19.0. The minimum atomic E-state index is -0.289. The van der Waals surface area contributed by atoms with Crippen LogP contribution in [-0.4, -0.2) is 50.8 Å². The largest absolute Gasteiger partial charge is 0.448 e. The molecule has 34 heavy (non-hydrogen) atoms. The number of nitrogens with one attached hydrogen (secondary N) is 1. The molecule has 174 valence electrons. The summed E-state index contributed by atoms with van der Waals surface area (Å²) in [6.07, 6.45) is 3.11. The maximum atomic E-state index is 12.8. The summed E-state index contributed by atoms with van der Waals surface area (Å²) in [6.45, 7) is 6.20. The minimum Gasteiger partial charge on any atom is -0.448 e. The third kappa shape index (κ3) is 4.21. The van der Waals surface area contributed by atoms with Gasteiger partial charge in [-0.3, -0.25) is 9.79 Å². The van der Waals surface area contributed by atoms with Gasteiger partial charge in [0.25, 0.3) is 5.91 Å². The Morgan fingerprint density at radius 3 is 2.85 bits per heavy atom. The van der Waals surface area contributed by atoms with Crippen LogP contribution in [0.15, 0.2) is 35.5 Å². The van der Waals surface area contributed by atoms with Crippen LogP contribution in [0, 0.1) is 13.8 Å². The minimum absolute atomic E-state index is 0.266. The Bertz CT molecular complexity index is 1310. The molecule has 0 radical (unpaired) electrons. The van der Waals surface area contributed by atoms with Crippen LogP contribution >= 0.6 is 0 Å². The van der Waals surface area contributed by atoms with Gasteiger partial charge in [-0.15, -0.1) is 0 Å². The maximum Gasteiger partial charge on any atom is 0.410 e. The van der Waals surface area contributed by atoms with Crippen molar-refractivity contribution in [1.82, 2.24) is 24.8 Å². The maximum absolute atomic E-state index is 12.8. The van der Waals surface area contributed by atoms with Gasteiger partial charge >= 0.3 is 6.09 Å². The number of carbonyl (C=O) groups is 2. The Labute approximate surface area is 196 Å². The number of pyridine rings is 1. The third-order valence-corrected chi connectivity index (χ3v) is 6.07. The van der Waals surface area contributed by atoms with E-state index in [-0.39, 0.29) is 12.0 Å². The highest BCUT2D eigenvalue weighted by atomic mass is 16.6. The molecule has 0 aliphatic carbocycles. The highest BCUT2D eigenvalue weighted by Gasteiger charge is 2.23. The molecule has 0 spiro atoms. The lowest BCUT2D eigenvalue weighted by Gasteiger charge is -2.14. The van der Waals surface area contributed by atoms with E-state index >= 15 is 0 Å². The van der Waals surface area contributed by atoms with E-state index in [1.807, 2.05) is 36.6 Å². The van der Waals surface area contributed by atoms with E-state index in [0.717, 1.165) is 33.6 Å². The third-order valence-electron chi connectivity index (χ3n) is 6.07. The molecule has 1 saturated heterocycles. The number of carbonyl (C=O) groups excluding carboxylic acids is 2. The summed E-state index contributed by atoms with van der Waals surface area (Å²) in [6, 6.07) is 7.75. The summed E-state index contributed by atoms with van der Waals surface area (Å²) in [5.74, 6) is 0.804. The summed E-state index contributed by atoms with van der Waals surface area (Å²) >= 11 is 0. The lowest BCUT2D eigenvalue weighted by molar-refractivity contribution is 0.0946. The van der Waals surface area contributed by atoms with Gasteiger partial charge in [0.1, 0.15) is 18.1 Å². The van der Waals surface area contributed by atoms with Gasteiger partial charge in [-0.25, -0.2) is 14.8 Å². The molecular formula is C24H25N7O3.